The smallest absolute Gasteiger partial charge is 0.268 e. The topological polar surface area (TPSA) is 108 Å². The van der Waals surface area contributed by atoms with Crippen LogP contribution in [0.25, 0.3) is 0 Å². The van der Waals surface area contributed by atoms with Crippen LogP contribution in [0, 0.1) is 0 Å². The number of nitrogens with one attached hydrogen (secondary N) is 1. The van der Waals surface area contributed by atoms with Crippen LogP contribution in [0.3, 0.4) is 0 Å². The van der Waals surface area contributed by atoms with Gasteiger partial charge in [-0.05, 0) is 64.2 Å². The molecule has 0 fully saturated rings. The van der Waals surface area contributed by atoms with Gasteiger partial charge >= 0.3 is 0 Å². The van der Waals surface area contributed by atoms with Gasteiger partial charge in [0.15, 0.2) is 0 Å². The van der Waals surface area contributed by atoms with Gasteiger partial charge in [-0.15, -0.1) is 0 Å². The summed E-state index contributed by atoms with van der Waals surface area (Å²) in [6.45, 7) is 4.57. The van der Waals surface area contributed by atoms with E-state index < -0.39 is 26.6 Å². The summed E-state index contributed by atoms with van der Waals surface area (Å²) in [6.07, 6.45) is 45.8. The number of quaternary nitrogens is 1. The number of allylic oxidation sites excluding steroid dienone is 7. The molecule has 2 N–H and O–H groups in total. The molecule has 0 heterocycles. The standard InChI is InChI=1S/C45H85N2O6P/c1-6-8-10-12-14-16-18-20-22-23-25-26-28-30-32-34-36-38-44(48)43(42-53-54(50,51)52-41-40-47(3,4)5)46-45(49)39-37-35-33-31-29-27-24-21-19-17-15-13-11-9-7-2/h15,17,21,24,28,30,36,38,43-44,48H,6-14,16,18-20,22-23,25-27,29,31-35,37,39-42H2,1-5H3,(H-,46,49,50,51)/b17-15-,24-21-,30-28+,38-36+. The quantitative estimate of drug-likeness (QED) is 0.0278. The fraction of sp³-hybridized carbons (Fsp3) is 0.800. The Kier molecular flexibility index (Phi) is 36.0. The van der Waals surface area contributed by atoms with Crippen molar-refractivity contribution in [2.75, 3.05) is 40.9 Å². The summed E-state index contributed by atoms with van der Waals surface area (Å²) in [6, 6.07) is -0.910. The summed E-state index contributed by atoms with van der Waals surface area (Å²) in [5, 5.41) is 13.7. The highest BCUT2D eigenvalue weighted by Gasteiger charge is 2.23. The molecule has 0 saturated heterocycles. The predicted molar refractivity (Wildman–Crippen MR) is 228 cm³/mol. The van der Waals surface area contributed by atoms with Gasteiger partial charge in [0.05, 0.1) is 39.9 Å². The number of carbonyl (C=O) groups excluding carboxylic acids is 1. The Hall–Kier alpha value is -1.54. The first kappa shape index (κ1) is 52.5. The molecule has 0 aliphatic carbocycles. The molecule has 3 unspecified atom stereocenters. The molecule has 0 aromatic heterocycles. The van der Waals surface area contributed by atoms with E-state index in [0.29, 0.717) is 17.4 Å². The highest BCUT2D eigenvalue weighted by molar-refractivity contribution is 7.45. The summed E-state index contributed by atoms with van der Waals surface area (Å²) in [5.41, 5.74) is 0. The fourth-order valence-electron chi connectivity index (χ4n) is 5.96. The number of unbranched alkanes of at least 4 members (excludes halogenated alkanes) is 20. The molecular weight excluding hydrogens is 695 g/mol. The first-order valence-corrected chi connectivity index (χ1v) is 23.5. The maximum absolute atomic E-state index is 12.8. The van der Waals surface area contributed by atoms with Crippen LogP contribution < -0.4 is 10.2 Å². The molecule has 3 atom stereocenters. The Balaban J connectivity index is 4.53. The van der Waals surface area contributed by atoms with E-state index in [1.165, 1.54) is 96.3 Å². The van der Waals surface area contributed by atoms with E-state index in [1.54, 1.807) is 6.08 Å². The van der Waals surface area contributed by atoms with Crippen molar-refractivity contribution in [3.05, 3.63) is 48.6 Å². The zero-order valence-corrected chi connectivity index (χ0v) is 36.6. The zero-order valence-electron chi connectivity index (χ0n) is 35.7. The van der Waals surface area contributed by atoms with Crippen LogP contribution in [0.4, 0.5) is 0 Å². The molecule has 0 aliphatic rings. The maximum atomic E-state index is 12.8. The molecule has 0 rings (SSSR count). The number of nitrogens with zero attached hydrogens (tertiary/aromatic N) is 1. The van der Waals surface area contributed by atoms with Crippen LogP contribution >= 0.6 is 7.82 Å². The second kappa shape index (κ2) is 37.1. The number of phosphoric ester groups is 1. The lowest BCUT2D eigenvalue weighted by Gasteiger charge is -2.29. The van der Waals surface area contributed by atoms with Crippen molar-refractivity contribution in [1.82, 2.24) is 5.32 Å². The fourth-order valence-corrected chi connectivity index (χ4v) is 6.68. The lowest BCUT2D eigenvalue weighted by atomic mass is 10.1. The second-order valence-electron chi connectivity index (χ2n) is 16.0. The molecule has 0 aliphatic heterocycles. The molecule has 0 spiro atoms. The van der Waals surface area contributed by atoms with Gasteiger partial charge in [0.1, 0.15) is 13.2 Å². The number of likely N-dealkylation sites (N-methyl/N-ethyl adjacent to an activating group) is 1. The number of carbonyl (C=O) groups is 1. The number of aliphatic hydroxyl groups is 1. The largest absolute Gasteiger partial charge is 0.756 e. The minimum atomic E-state index is -4.60. The molecule has 0 bridgehead atoms. The molecule has 8 nitrogen and oxygen atoms in total. The number of hydrogen-bond acceptors (Lipinski definition) is 6. The van der Waals surface area contributed by atoms with Crippen LogP contribution in [0.5, 0.6) is 0 Å². The molecule has 54 heavy (non-hydrogen) atoms. The third kappa shape index (κ3) is 38.7. The first-order chi connectivity index (χ1) is 26.0. The second-order valence-corrected chi connectivity index (χ2v) is 17.4. The maximum Gasteiger partial charge on any atom is 0.268 e. The van der Waals surface area contributed by atoms with E-state index in [0.717, 1.165) is 64.2 Å². The van der Waals surface area contributed by atoms with Gasteiger partial charge in [-0.2, -0.15) is 0 Å². The number of amides is 1. The van der Waals surface area contributed by atoms with Crippen LogP contribution in [0.1, 0.15) is 181 Å². The van der Waals surface area contributed by atoms with Crippen molar-refractivity contribution < 1.29 is 32.9 Å². The van der Waals surface area contributed by atoms with Crippen molar-refractivity contribution in [3.63, 3.8) is 0 Å². The summed E-state index contributed by atoms with van der Waals surface area (Å²) in [7, 11) is 1.23. The Labute approximate surface area is 333 Å². The molecule has 1 amide bonds. The van der Waals surface area contributed by atoms with E-state index in [1.807, 2.05) is 27.2 Å². The lowest BCUT2D eigenvalue weighted by molar-refractivity contribution is -0.870. The van der Waals surface area contributed by atoms with Crippen molar-refractivity contribution in [2.45, 2.75) is 193 Å². The molecule has 0 aromatic carbocycles. The molecule has 316 valence electrons. The number of aliphatic hydroxyl groups excluding tert-OH is 1. The van der Waals surface area contributed by atoms with Crippen molar-refractivity contribution in [3.8, 4) is 0 Å². The molecule has 9 heteroatoms. The lowest BCUT2D eigenvalue weighted by Crippen LogP contribution is -2.45. The zero-order chi connectivity index (χ0) is 40.0. The van der Waals surface area contributed by atoms with Crippen LogP contribution in [-0.2, 0) is 18.4 Å². The number of rotatable bonds is 39. The Morgan fingerprint density at radius 1 is 0.648 bits per heavy atom. The number of phosphoric acid groups is 1. The van der Waals surface area contributed by atoms with Crippen LogP contribution in [0.2, 0.25) is 0 Å². The SMILES string of the molecule is CCCCC/C=C\C/C=C\CCCCCCCC(=O)NC(COP(=O)([O-])OCC[N+](C)(C)C)C(O)/C=C/CC/C=C/CCCCCCCCCCCCC. The highest BCUT2D eigenvalue weighted by Crippen LogP contribution is 2.38. The minimum absolute atomic E-state index is 0.0106. The van der Waals surface area contributed by atoms with Crippen molar-refractivity contribution in [1.29, 1.82) is 0 Å². The van der Waals surface area contributed by atoms with Gasteiger partial charge in [0.25, 0.3) is 7.82 Å². The molecular formula is C45H85N2O6P. The van der Waals surface area contributed by atoms with Gasteiger partial charge in [-0.25, -0.2) is 0 Å². The highest BCUT2D eigenvalue weighted by atomic mass is 31.2. The summed E-state index contributed by atoms with van der Waals surface area (Å²) in [5.74, 6) is -0.223. The summed E-state index contributed by atoms with van der Waals surface area (Å²) >= 11 is 0. The van der Waals surface area contributed by atoms with Gasteiger partial charge < -0.3 is 28.8 Å². The van der Waals surface area contributed by atoms with E-state index >= 15 is 0 Å². The van der Waals surface area contributed by atoms with E-state index in [4.69, 9.17) is 9.05 Å². The van der Waals surface area contributed by atoms with Gasteiger partial charge in [-0.3, -0.25) is 9.36 Å². The van der Waals surface area contributed by atoms with E-state index in [9.17, 15) is 19.4 Å². The Bertz CT molecular complexity index is 1020. The van der Waals surface area contributed by atoms with Crippen LogP contribution in [-0.4, -0.2) is 68.5 Å². The van der Waals surface area contributed by atoms with E-state index in [-0.39, 0.29) is 12.5 Å². The third-order valence-corrected chi connectivity index (χ3v) is 10.5. The monoisotopic (exact) mass is 781 g/mol. The number of hydrogen-bond donors (Lipinski definition) is 2. The van der Waals surface area contributed by atoms with E-state index in [2.05, 4.69) is 55.6 Å². The van der Waals surface area contributed by atoms with Gasteiger partial charge in [0.2, 0.25) is 5.91 Å². The first-order valence-electron chi connectivity index (χ1n) is 22.0. The molecule has 0 aromatic rings. The van der Waals surface area contributed by atoms with Crippen LogP contribution in [0.15, 0.2) is 48.6 Å². The van der Waals surface area contributed by atoms with Gasteiger partial charge in [-0.1, -0.05) is 159 Å². The Morgan fingerprint density at radius 2 is 1.09 bits per heavy atom. The third-order valence-electron chi connectivity index (χ3n) is 9.51. The minimum Gasteiger partial charge on any atom is -0.756 e. The average Bonchev–Trinajstić information content (AvgIpc) is 3.12. The summed E-state index contributed by atoms with van der Waals surface area (Å²) < 4.78 is 23.2. The normalized spacial score (nSPS) is 14.9. The average molecular weight is 781 g/mol. The Morgan fingerprint density at radius 3 is 1.65 bits per heavy atom. The van der Waals surface area contributed by atoms with Crippen molar-refractivity contribution in [2.24, 2.45) is 0 Å². The molecule has 0 saturated carbocycles. The molecule has 0 radical (unpaired) electrons. The summed E-state index contributed by atoms with van der Waals surface area (Å²) in [4.78, 5) is 25.3. The van der Waals surface area contributed by atoms with Gasteiger partial charge in [0, 0.05) is 6.42 Å². The van der Waals surface area contributed by atoms with Crippen molar-refractivity contribution >= 4 is 13.7 Å². The predicted octanol–water partition coefficient (Wildman–Crippen LogP) is 11.4.